The predicted octanol–water partition coefficient (Wildman–Crippen LogP) is 7.89. The normalized spacial score (nSPS) is 21.1. The highest BCUT2D eigenvalue weighted by atomic mass is 16.5. The van der Waals surface area contributed by atoms with Crippen LogP contribution in [-0.4, -0.2) is 67.8 Å². The molecule has 3 aliphatic rings. The lowest BCUT2D eigenvalue weighted by Crippen LogP contribution is -2.42. The van der Waals surface area contributed by atoms with Gasteiger partial charge in [0.2, 0.25) is 0 Å². The van der Waals surface area contributed by atoms with E-state index < -0.39 is 16.2 Å². The van der Waals surface area contributed by atoms with Crippen molar-refractivity contribution in [2.75, 3.05) is 19.8 Å². The highest BCUT2D eigenvalue weighted by Crippen LogP contribution is 2.41. The van der Waals surface area contributed by atoms with Crippen molar-refractivity contribution in [1.82, 2.24) is 0 Å². The quantitative estimate of drug-likeness (QED) is 0.101. The first-order valence-corrected chi connectivity index (χ1v) is 18.9. The fourth-order valence-electron chi connectivity index (χ4n) is 7.34. The molecule has 306 valence electrons. The van der Waals surface area contributed by atoms with Crippen LogP contribution in [-0.2, 0) is 16.2 Å². The maximum atomic E-state index is 12.7. The molecule has 3 atom stereocenters. The lowest BCUT2D eigenvalue weighted by atomic mass is 9.75. The van der Waals surface area contributed by atoms with E-state index in [4.69, 9.17) is 14.2 Å². The third-order valence-corrected chi connectivity index (χ3v) is 11.2. The van der Waals surface area contributed by atoms with E-state index in [-0.39, 0.29) is 71.7 Å². The summed E-state index contributed by atoms with van der Waals surface area (Å²) in [6.45, 7) is 6.06. The average Bonchev–Trinajstić information content (AvgIpc) is 3.23. The van der Waals surface area contributed by atoms with Crippen molar-refractivity contribution in [3.05, 3.63) is 161 Å². The number of hydrogen-bond acceptors (Lipinski definition) is 12. The first-order chi connectivity index (χ1) is 28.5. The van der Waals surface area contributed by atoms with Crippen molar-refractivity contribution in [1.29, 1.82) is 0 Å². The number of rotatable bonds is 3. The molecule has 12 nitrogen and oxygen atoms in total. The number of aromatic hydroxyl groups is 6. The Bertz CT molecular complexity index is 2310. The molecule has 6 aromatic carbocycles. The molecule has 0 spiro atoms. The number of benzene rings is 6. The van der Waals surface area contributed by atoms with Gasteiger partial charge >= 0.3 is 0 Å². The molecule has 3 aliphatic heterocycles. The molecule has 0 radical (unpaired) electrons. The summed E-state index contributed by atoms with van der Waals surface area (Å²) in [5, 5.41) is 56.3. The minimum Gasteiger partial charge on any atom is -0.508 e. The van der Waals surface area contributed by atoms with Gasteiger partial charge in [-0.05, 0) is 110 Å². The Hall–Kier alpha value is -7.47. The molecule has 0 bridgehead atoms. The number of ketones is 3. The van der Waals surface area contributed by atoms with Crippen LogP contribution in [0.5, 0.6) is 51.7 Å². The minimum atomic E-state index is -0.794. The zero-order valence-electron chi connectivity index (χ0n) is 32.9. The molecule has 0 aromatic heterocycles. The van der Waals surface area contributed by atoms with Crippen molar-refractivity contribution in [3.8, 4) is 51.7 Å². The standard InChI is InChI=1S/3C16H14O4/c3*1-16(10-2-4-11(17)5-3-10)9-20-14-8-12(18)6-7-13(14)15(16)19/h3*2-8,17-18H,9H2,1H3. The van der Waals surface area contributed by atoms with E-state index in [1.807, 2.05) is 20.8 Å². The second-order valence-corrected chi connectivity index (χ2v) is 15.5. The van der Waals surface area contributed by atoms with Crippen LogP contribution in [0.25, 0.3) is 0 Å². The molecule has 0 saturated heterocycles. The summed E-state index contributed by atoms with van der Waals surface area (Å²) in [5.41, 5.74) is 1.38. The van der Waals surface area contributed by atoms with Gasteiger partial charge in [-0.3, -0.25) is 14.4 Å². The van der Waals surface area contributed by atoms with Gasteiger partial charge in [0, 0.05) is 18.2 Å². The van der Waals surface area contributed by atoms with E-state index in [9.17, 15) is 45.0 Å². The summed E-state index contributed by atoms with van der Waals surface area (Å²) in [6, 6.07) is 33.2. The highest BCUT2D eigenvalue weighted by Gasteiger charge is 2.44. The molecule has 12 heteroatoms. The zero-order valence-corrected chi connectivity index (χ0v) is 32.9. The Morgan fingerprint density at radius 2 is 0.567 bits per heavy atom. The molecule has 0 amide bonds. The van der Waals surface area contributed by atoms with Gasteiger partial charge in [0.25, 0.3) is 0 Å². The molecule has 0 saturated carbocycles. The van der Waals surface area contributed by atoms with Crippen LogP contribution in [0, 0.1) is 0 Å². The summed E-state index contributed by atoms with van der Waals surface area (Å²) >= 11 is 0. The Balaban J connectivity index is 0.000000136. The van der Waals surface area contributed by atoms with Crippen LogP contribution in [0.15, 0.2) is 127 Å². The average molecular weight is 811 g/mol. The Kier molecular flexibility index (Phi) is 10.7. The molecule has 0 aliphatic carbocycles. The summed E-state index contributed by atoms with van der Waals surface area (Å²) in [7, 11) is 0. The topological polar surface area (TPSA) is 200 Å². The molecule has 60 heavy (non-hydrogen) atoms. The summed E-state index contributed by atoms with van der Waals surface area (Å²) in [4.78, 5) is 38.1. The Labute approximate surface area is 345 Å². The van der Waals surface area contributed by atoms with Gasteiger partial charge in [0.15, 0.2) is 17.3 Å². The van der Waals surface area contributed by atoms with Crippen molar-refractivity contribution in [3.63, 3.8) is 0 Å². The van der Waals surface area contributed by atoms with Crippen molar-refractivity contribution < 1.29 is 59.2 Å². The monoisotopic (exact) mass is 810 g/mol. The summed E-state index contributed by atoms with van der Waals surface area (Å²) < 4.78 is 16.9. The molecule has 6 aromatic rings. The van der Waals surface area contributed by atoms with E-state index in [1.54, 1.807) is 91.0 Å². The SMILES string of the molecule is CC1(c2ccc(O)cc2)COc2cc(O)ccc2C1=O.CC1(c2ccc(O)cc2)COc2cc(O)ccc2C1=O.CC1(c2ccc(O)cc2)COc2cc(O)ccc2C1=O. The van der Waals surface area contributed by atoms with E-state index in [0.717, 1.165) is 16.7 Å². The Morgan fingerprint density at radius 1 is 0.350 bits per heavy atom. The lowest BCUT2D eigenvalue weighted by molar-refractivity contribution is 0.0784. The first-order valence-electron chi connectivity index (χ1n) is 18.9. The fourth-order valence-corrected chi connectivity index (χ4v) is 7.34. The zero-order chi connectivity index (χ0) is 43.0. The van der Waals surface area contributed by atoms with Crippen LogP contribution >= 0.6 is 0 Å². The fraction of sp³-hybridized carbons (Fsp3) is 0.188. The number of ether oxygens (including phenoxy) is 3. The van der Waals surface area contributed by atoms with E-state index in [2.05, 4.69) is 0 Å². The van der Waals surface area contributed by atoms with E-state index >= 15 is 0 Å². The second kappa shape index (κ2) is 15.7. The summed E-state index contributed by atoms with van der Waals surface area (Å²) in [5.74, 6) is 1.77. The molecule has 6 N–H and O–H groups in total. The van der Waals surface area contributed by atoms with Gasteiger partial charge in [-0.25, -0.2) is 0 Å². The third-order valence-electron chi connectivity index (χ3n) is 11.2. The number of Topliss-reactive ketones (excluding diaryl/α,β-unsaturated/α-hetero) is 3. The predicted molar refractivity (Wildman–Crippen MR) is 220 cm³/mol. The largest absolute Gasteiger partial charge is 0.508 e. The molecule has 3 unspecified atom stereocenters. The van der Waals surface area contributed by atoms with Crippen molar-refractivity contribution >= 4 is 17.3 Å². The maximum Gasteiger partial charge on any atom is 0.180 e. The van der Waals surface area contributed by atoms with Crippen LogP contribution in [0.2, 0.25) is 0 Å². The maximum absolute atomic E-state index is 12.7. The van der Waals surface area contributed by atoms with Crippen LogP contribution in [0.3, 0.4) is 0 Å². The number of carbonyl (C=O) groups is 3. The Morgan fingerprint density at radius 3 is 0.800 bits per heavy atom. The van der Waals surface area contributed by atoms with Crippen molar-refractivity contribution in [2.45, 2.75) is 37.0 Å². The van der Waals surface area contributed by atoms with Gasteiger partial charge in [-0.1, -0.05) is 36.4 Å². The molecule has 9 rings (SSSR count). The van der Waals surface area contributed by atoms with E-state index in [1.165, 1.54) is 36.4 Å². The van der Waals surface area contributed by atoms with Crippen LogP contribution in [0.1, 0.15) is 68.5 Å². The summed E-state index contributed by atoms with van der Waals surface area (Å²) in [6.07, 6.45) is 0. The number of carbonyl (C=O) groups excluding carboxylic acids is 3. The number of fused-ring (bicyclic) bond motifs is 3. The minimum absolute atomic E-state index is 0.0514. The van der Waals surface area contributed by atoms with Gasteiger partial charge in [-0.2, -0.15) is 0 Å². The molecule has 0 fully saturated rings. The number of phenols is 6. The van der Waals surface area contributed by atoms with Crippen LogP contribution < -0.4 is 14.2 Å². The van der Waals surface area contributed by atoms with Gasteiger partial charge < -0.3 is 44.8 Å². The van der Waals surface area contributed by atoms with Crippen LogP contribution in [0.4, 0.5) is 0 Å². The number of hydrogen-bond donors (Lipinski definition) is 6. The third kappa shape index (κ3) is 7.62. The van der Waals surface area contributed by atoms with Gasteiger partial charge in [0.05, 0.1) is 32.9 Å². The smallest absolute Gasteiger partial charge is 0.180 e. The molecular formula is C48H42O12. The van der Waals surface area contributed by atoms with Gasteiger partial charge in [0.1, 0.15) is 71.6 Å². The van der Waals surface area contributed by atoms with Gasteiger partial charge in [-0.15, -0.1) is 0 Å². The molecular weight excluding hydrogens is 769 g/mol. The molecule has 3 heterocycles. The lowest BCUT2D eigenvalue weighted by Gasteiger charge is -2.33. The first kappa shape index (κ1) is 40.7. The van der Waals surface area contributed by atoms with E-state index in [0.29, 0.717) is 33.9 Å². The van der Waals surface area contributed by atoms with Crippen molar-refractivity contribution in [2.24, 2.45) is 0 Å². The highest BCUT2D eigenvalue weighted by molar-refractivity contribution is 6.08. The second-order valence-electron chi connectivity index (χ2n) is 15.5. The number of phenolic OH excluding ortho intramolecular Hbond substituents is 6.